The smallest absolute Gasteiger partial charge is 0.259 e. The van der Waals surface area contributed by atoms with Crippen LogP contribution in [0.1, 0.15) is 13.8 Å². The molecule has 122 valence electrons. The lowest BCUT2D eigenvalue weighted by molar-refractivity contribution is -0.119. The Morgan fingerprint density at radius 3 is 2.79 bits per heavy atom. The summed E-state index contributed by atoms with van der Waals surface area (Å²) in [6.45, 7) is 3.51. The Bertz CT molecular complexity index is 896. The van der Waals surface area contributed by atoms with Gasteiger partial charge < -0.3 is 5.32 Å². The lowest BCUT2D eigenvalue weighted by Gasteiger charge is -2.14. The highest BCUT2D eigenvalue weighted by Crippen LogP contribution is 2.21. The first-order valence-corrected chi connectivity index (χ1v) is 7.71. The lowest BCUT2D eigenvalue weighted by atomic mass is 9.98. The van der Waals surface area contributed by atoms with Crippen molar-refractivity contribution in [3.05, 3.63) is 52.8 Å². The molecule has 3 rings (SSSR count). The summed E-state index contributed by atoms with van der Waals surface area (Å²) in [5.74, 6) is -0.737. The highest BCUT2D eigenvalue weighted by Gasteiger charge is 2.25. The van der Waals surface area contributed by atoms with Crippen molar-refractivity contribution in [2.24, 2.45) is 4.99 Å². The molecule has 7 heteroatoms. The molecule has 0 saturated carbocycles. The number of amides is 1. The number of carbonyl (C=O) groups is 2. The number of aromatic nitrogens is 2. The number of allylic oxidation sites excluding steroid dienone is 1. The van der Waals surface area contributed by atoms with E-state index in [2.05, 4.69) is 15.4 Å². The number of para-hydroxylation sites is 1. The lowest BCUT2D eigenvalue weighted by Crippen LogP contribution is -2.27. The Morgan fingerprint density at radius 2 is 2.04 bits per heavy atom. The number of Topliss-reactive ketones (excluding diaryl/α,β-unsaturated/α-hetero) is 1. The molecule has 6 nitrogen and oxygen atoms in total. The third-order valence-electron chi connectivity index (χ3n) is 3.82. The van der Waals surface area contributed by atoms with Crippen molar-refractivity contribution in [1.29, 1.82) is 0 Å². The van der Waals surface area contributed by atoms with Crippen molar-refractivity contribution >= 4 is 34.7 Å². The van der Waals surface area contributed by atoms with Gasteiger partial charge in [0.05, 0.1) is 34.4 Å². The molecule has 2 heterocycles. The third kappa shape index (κ3) is 3.00. The molecule has 1 aromatic carbocycles. The highest BCUT2D eigenvalue weighted by atomic mass is 35.5. The quantitative estimate of drug-likeness (QED) is 0.871. The maximum atomic E-state index is 12.4. The Hall–Kier alpha value is -2.73. The van der Waals surface area contributed by atoms with Gasteiger partial charge in [-0.2, -0.15) is 5.10 Å². The summed E-state index contributed by atoms with van der Waals surface area (Å²) < 4.78 is 1.56. The van der Waals surface area contributed by atoms with Gasteiger partial charge in [-0.05, 0) is 31.6 Å². The number of nitrogens with zero attached hydrogens (tertiary/aromatic N) is 3. The fourth-order valence-electron chi connectivity index (χ4n) is 2.43. The second-order valence-electron chi connectivity index (χ2n) is 5.40. The van der Waals surface area contributed by atoms with Crippen molar-refractivity contribution in [3.8, 4) is 5.69 Å². The van der Waals surface area contributed by atoms with Crippen LogP contribution in [0.4, 0.5) is 5.69 Å². The van der Waals surface area contributed by atoms with E-state index < -0.39 is 5.91 Å². The molecule has 0 radical (unpaired) electrons. The van der Waals surface area contributed by atoms with Crippen LogP contribution >= 0.6 is 11.6 Å². The zero-order valence-corrected chi connectivity index (χ0v) is 14.0. The van der Waals surface area contributed by atoms with E-state index in [-0.39, 0.29) is 17.9 Å². The first-order chi connectivity index (χ1) is 11.5. The predicted molar refractivity (Wildman–Crippen MR) is 92.9 cm³/mol. The van der Waals surface area contributed by atoms with Crippen LogP contribution in [-0.2, 0) is 9.59 Å². The largest absolute Gasteiger partial charge is 0.319 e. The number of carbonyl (C=O) groups excluding carboxylic acids is 2. The molecule has 0 bridgehead atoms. The fourth-order valence-corrected chi connectivity index (χ4v) is 2.65. The van der Waals surface area contributed by atoms with Crippen LogP contribution in [0.15, 0.2) is 52.8 Å². The first-order valence-electron chi connectivity index (χ1n) is 7.34. The van der Waals surface area contributed by atoms with Crippen molar-refractivity contribution < 1.29 is 9.59 Å². The Balaban J connectivity index is 1.84. The molecule has 0 spiro atoms. The summed E-state index contributed by atoms with van der Waals surface area (Å²) in [5, 5.41) is 7.44. The third-order valence-corrected chi connectivity index (χ3v) is 4.14. The van der Waals surface area contributed by atoms with Gasteiger partial charge in [0.15, 0.2) is 5.78 Å². The number of aliphatic imine (C=N–C) groups is 1. The van der Waals surface area contributed by atoms with Gasteiger partial charge in [-0.3, -0.25) is 14.6 Å². The Kier molecular flexibility index (Phi) is 4.31. The van der Waals surface area contributed by atoms with Crippen LogP contribution in [-0.4, -0.2) is 33.7 Å². The number of ketones is 1. The number of hydrogen-bond acceptors (Lipinski definition) is 4. The second-order valence-corrected chi connectivity index (χ2v) is 5.81. The minimum absolute atomic E-state index is 0.00477. The summed E-state index contributed by atoms with van der Waals surface area (Å²) in [4.78, 5) is 28.5. The van der Waals surface area contributed by atoms with Crippen LogP contribution in [0.25, 0.3) is 5.69 Å². The molecule has 1 aliphatic rings. The van der Waals surface area contributed by atoms with Crippen molar-refractivity contribution in [1.82, 2.24) is 9.78 Å². The summed E-state index contributed by atoms with van der Waals surface area (Å²) in [6, 6.07) is 7.25. The average molecular weight is 343 g/mol. The van der Waals surface area contributed by atoms with Crippen LogP contribution in [0.5, 0.6) is 0 Å². The predicted octanol–water partition coefficient (Wildman–Crippen LogP) is 2.82. The molecule has 1 N–H and O–H groups in total. The highest BCUT2D eigenvalue weighted by molar-refractivity contribution is 6.32. The summed E-state index contributed by atoms with van der Waals surface area (Å²) in [6.07, 6.45) is 3.15. The van der Waals surface area contributed by atoms with Gasteiger partial charge in [-0.1, -0.05) is 23.7 Å². The molecule has 0 aliphatic carbocycles. The molecule has 1 amide bonds. The molecule has 0 saturated heterocycles. The van der Waals surface area contributed by atoms with Crippen LogP contribution < -0.4 is 5.32 Å². The normalized spacial score (nSPS) is 14.6. The summed E-state index contributed by atoms with van der Waals surface area (Å²) in [7, 11) is 0. The topological polar surface area (TPSA) is 76.3 Å². The number of halogens is 1. The summed E-state index contributed by atoms with van der Waals surface area (Å²) in [5.41, 5.74) is 2.63. The number of dihydropyridines is 1. The van der Waals surface area contributed by atoms with Crippen molar-refractivity contribution in [3.63, 3.8) is 0 Å². The molecule has 1 aromatic heterocycles. The molecule has 1 aliphatic heterocycles. The maximum Gasteiger partial charge on any atom is 0.259 e. The van der Waals surface area contributed by atoms with Crippen LogP contribution in [0, 0.1) is 0 Å². The second kappa shape index (κ2) is 6.41. The maximum absolute atomic E-state index is 12.4. The van der Waals surface area contributed by atoms with Crippen LogP contribution in [0.3, 0.4) is 0 Å². The van der Waals surface area contributed by atoms with E-state index in [0.717, 1.165) is 0 Å². The van der Waals surface area contributed by atoms with E-state index >= 15 is 0 Å². The van der Waals surface area contributed by atoms with E-state index in [0.29, 0.717) is 27.7 Å². The standard InChI is InChI=1S/C17H15ClN4O2/c1-10-11(2)19-8-15(23)16(10)17(24)21-12-7-20-22(9-12)14-6-4-3-5-13(14)18/h3-7,9H,8H2,1-2H3,(H,21,24). The SMILES string of the molecule is CC1=NCC(=O)C(C(=O)Nc2cnn(-c3ccccc3Cl)c2)=C1C. The van der Waals surface area contributed by atoms with Gasteiger partial charge in [0, 0.05) is 5.71 Å². The van der Waals surface area contributed by atoms with E-state index in [4.69, 9.17) is 11.6 Å². The molecular formula is C17H15ClN4O2. The molecule has 24 heavy (non-hydrogen) atoms. The summed E-state index contributed by atoms with van der Waals surface area (Å²) >= 11 is 6.14. The zero-order chi connectivity index (χ0) is 17.3. The monoisotopic (exact) mass is 342 g/mol. The number of nitrogens with one attached hydrogen (secondary N) is 1. The van der Waals surface area contributed by atoms with Gasteiger partial charge >= 0.3 is 0 Å². The molecular weight excluding hydrogens is 328 g/mol. The van der Waals surface area contributed by atoms with E-state index in [1.807, 2.05) is 18.2 Å². The minimum atomic E-state index is -0.453. The molecule has 2 aromatic rings. The first kappa shape index (κ1) is 16.1. The minimum Gasteiger partial charge on any atom is -0.319 e. The van der Waals surface area contributed by atoms with Crippen LogP contribution in [0.2, 0.25) is 5.02 Å². The van der Waals surface area contributed by atoms with E-state index in [1.165, 1.54) is 6.20 Å². The van der Waals surface area contributed by atoms with Gasteiger partial charge in [-0.15, -0.1) is 0 Å². The zero-order valence-electron chi connectivity index (χ0n) is 13.2. The van der Waals surface area contributed by atoms with E-state index in [1.54, 1.807) is 30.8 Å². The Labute approximate surface area is 143 Å². The average Bonchev–Trinajstić information content (AvgIpc) is 3.00. The van der Waals surface area contributed by atoms with Gasteiger partial charge in [0.2, 0.25) is 0 Å². The number of rotatable bonds is 3. The van der Waals surface area contributed by atoms with Crippen molar-refractivity contribution in [2.75, 3.05) is 11.9 Å². The number of benzene rings is 1. The molecule has 0 unspecified atom stereocenters. The molecule has 0 atom stereocenters. The fraction of sp³-hybridized carbons (Fsp3) is 0.176. The van der Waals surface area contributed by atoms with E-state index in [9.17, 15) is 9.59 Å². The molecule has 0 fully saturated rings. The van der Waals surface area contributed by atoms with Gasteiger partial charge in [0.1, 0.15) is 6.54 Å². The Morgan fingerprint density at radius 1 is 1.29 bits per heavy atom. The van der Waals surface area contributed by atoms with Crippen molar-refractivity contribution in [2.45, 2.75) is 13.8 Å². The van der Waals surface area contributed by atoms with Gasteiger partial charge in [-0.25, -0.2) is 4.68 Å². The number of anilines is 1. The number of hydrogen-bond donors (Lipinski definition) is 1. The van der Waals surface area contributed by atoms with Gasteiger partial charge in [0.25, 0.3) is 5.91 Å².